The minimum Gasteiger partial charge on any atom is -0.311 e. The highest BCUT2D eigenvalue weighted by atomic mass is 15.1. The standard InChI is InChI=1S/C63H43N5/c1-4-15-44(16-5-1)45-27-35-53(36-28-45)67(54-37-29-46(30-38-54)47-31-41-56(42-32-47)68-59-25-12-10-23-57(59)58-24-11-13-26-60(58)68)55-39-33-48(34-40-55)51-21-14-22-52(43-51)63-65-61(49-17-6-2-7-18-49)64-62(66-63)50-19-8-3-9-20-50/h1-43H. The Morgan fingerprint density at radius 1 is 0.250 bits per heavy atom. The quantitative estimate of drug-likeness (QED) is 0.137. The third kappa shape index (κ3) is 7.78. The van der Waals surface area contributed by atoms with Crippen LogP contribution in [0, 0.1) is 0 Å². The molecule has 0 saturated carbocycles. The Morgan fingerprint density at radius 3 is 1.03 bits per heavy atom. The summed E-state index contributed by atoms with van der Waals surface area (Å²) in [7, 11) is 0. The van der Waals surface area contributed by atoms with E-state index in [2.05, 4.69) is 210 Å². The molecule has 12 aromatic rings. The van der Waals surface area contributed by atoms with Crippen molar-refractivity contribution in [1.29, 1.82) is 0 Å². The van der Waals surface area contributed by atoms with Crippen molar-refractivity contribution in [2.75, 3.05) is 4.90 Å². The van der Waals surface area contributed by atoms with Crippen molar-refractivity contribution in [3.05, 3.63) is 261 Å². The van der Waals surface area contributed by atoms with E-state index >= 15 is 0 Å². The lowest BCUT2D eigenvalue weighted by molar-refractivity contribution is 1.07. The van der Waals surface area contributed by atoms with E-state index in [4.69, 9.17) is 15.0 Å². The molecule has 0 saturated heterocycles. The highest BCUT2D eigenvalue weighted by molar-refractivity contribution is 6.09. The van der Waals surface area contributed by atoms with Crippen molar-refractivity contribution in [2.45, 2.75) is 0 Å². The first-order chi connectivity index (χ1) is 33.7. The van der Waals surface area contributed by atoms with Crippen molar-refractivity contribution in [3.8, 4) is 73.2 Å². The van der Waals surface area contributed by atoms with E-state index < -0.39 is 0 Å². The fourth-order valence-corrected chi connectivity index (χ4v) is 9.27. The zero-order chi connectivity index (χ0) is 45.2. The van der Waals surface area contributed by atoms with Crippen LogP contribution in [0.5, 0.6) is 0 Å². The van der Waals surface area contributed by atoms with Gasteiger partial charge in [0.25, 0.3) is 0 Å². The third-order valence-corrected chi connectivity index (χ3v) is 12.7. The fourth-order valence-electron chi connectivity index (χ4n) is 9.27. The van der Waals surface area contributed by atoms with E-state index in [9.17, 15) is 0 Å². The maximum absolute atomic E-state index is 4.99. The van der Waals surface area contributed by atoms with Crippen LogP contribution in [0.2, 0.25) is 0 Å². The number of hydrogen-bond donors (Lipinski definition) is 0. The van der Waals surface area contributed by atoms with Gasteiger partial charge in [-0.15, -0.1) is 0 Å². The fraction of sp³-hybridized carbons (Fsp3) is 0. The minimum absolute atomic E-state index is 0.629. The molecule has 5 heteroatoms. The third-order valence-electron chi connectivity index (χ3n) is 12.7. The van der Waals surface area contributed by atoms with E-state index in [0.717, 1.165) is 61.7 Å². The Hall–Kier alpha value is -9.19. The Kier molecular flexibility index (Phi) is 10.5. The molecular weight excluding hydrogens is 827 g/mol. The topological polar surface area (TPSA) is 46.8 Å². The molecular formula is C63H43N5. The van der Waals surface area contributed by atoms with Gasteiger partial charge >= 0.3 is 0 Å². The number of aromatic nitrogens is 4. The van der Waals surface area contributed by atoms with Gasteiger partial charge in [-0.25, -0.2) is 15.0 Å². The first-order valence-electron chi connectivity index (χ1n) is 22.9. The molecule has 0 spiro atoms. The molecule has 5 nitrogen and oxygen atoms in total. The van der Waals surface area contributed by atoms with Gasteiger partial charge in [-0.1, -0.05) is 194 Å². The smallest absolute Gasteiger partial charge is 0.164 e. The van der Waals surface area contributed by atoms with Gasteiger partial charge in [0.1, 0.15) is 0 Å². The van der Waals surface area contributed by atoms with Gasteiger partial charge in [-0.2, -0.15) is 0 Å². The molecule has 0 N–H and O–H groups in total. The monoisotopic (exact) mass is 869 g/mol. The lowest BCUT2D eigenvalue weighted by Gasteiger charge is -2.26. The van der Waals surface area contributed by atoms with Crippen LogP contribution < -0.4 is 4.90 Å². The average molecular weight is 870 g/mol. The second-order valence-electron chi connectivity index (χ2n) is 16.9. The van der Waals surface area contributed by atoms with Crippen LogP contribution in [0.3, 0.4) is 0 Å². The van der Waals surface area contributed by atoms with Gasteiger partial charge in [0.2, 0.25) is 0 Å². The Bertz CT molecular complexity index is 3570. The van der Waals surface area contributed by atoms with Gasteiger partial charge in [-0.05, 0) is 100 Å². The molecule has 10 aromatic carbocycles. The zero-order valence-corrected chi connectivity index (χ0v) is 37.1. The lowest BCUT2D eigenvalue weighted by Crippen LogP contribution is -2.09. The minimum atomic E-state index is 0.629. The Balaban J connectivity index is 0.870. The molecule has 2 aromatic heterocycles. The predicted octanol–water partition coefficient (Wildman–Crippen LogP) is 16.4. The van der Waals surface area contributed by atoms with Crippen LogP contribution >= 0.6 is 0 Å². The van der Waals surface area contributed by atoms with Gasteiger partial charge in [0.05, 0.1) is 11.0 Å². The van der Waals surface area contributed by atoms with Crippen LogP contribution in [0.1, 0.15) is 0 Å². The van der Waals surface area contributed by atoms with E-state index in [-0.39, 0.29) is 0 Å². The molecule has 320 valence electrons. The SMILES string of the molecule is c1ccc(-c2ccc(N(c3ccc(-c4ccc(-n5c6ccccc6c6ccccc65)cc4)cc3)c3ccc(-c4cccc(-c5nc(-c6ccccc6)nc(-c6ccccc6)n5)c4)cc3)cc2)cc1. The lowest BCUT2D eigenvalue weighted by atomic mass is 10.0. The van der Waals surface area contributed by atoms with Crippen LogP contribution in [0.4, 0.5) is 17.1 Å². The van der Waals surface area contributed by atoms with E-state index in [1.54, 1.807) is 0 Å². The van der Waals surface area contributed by atoms with E-state index in [1.807, 2.05) is 60.7 Å². The highest BCUT2D eigenvalue weighted by Crippen LogP contribution is 2.39. The molecule has 0 bridgehead atoms. The summed E-state index contributed by atoms with van der Waals surface area (Å²) in [5.41, 5.74) is 16.4. The first-order valence-corrected chi connectivity index (χ1v) is 22.9. The summed E-state index contributed by atoms with van der Waals surface area (Å²) in [4.78, 5) is 17.2. The van der Waals surface area contributed by atoms with Crippen molar-refractivity contribution in [3.63, 3.8) is 0 Å². The van der Waals surface area contributed by atoms with Crippen LogP contribution in [0.25, 0.3) is 95.0 Å². The summed E-state index contributed by atoms with van der Waals surface area (Å²) in [5.74, 6) is 1.91. The van der Waals surface area contributed by atoms with Gasteiger partial charge < -0.3 is 9.47 Å². The van der Waals surface area contributed by atoms with E-state index in [1.165, 1.54) is 32.9 Å². The summed E-state index contributed by atoms with van der Waals surface area (Å²) in [6.45, 7) is 0. The van der Waals surface area contributed by atoms with E-state index in [0.29, 0.717) is 17.5 Å². The second-order valence-corrected chi connectivity index (χ2v) is 16.9. The first kappa shape index (κ1) is 40.3. The van der Waals surface area contributed by atoms with Gasteiger partial charge in [-0.3, -0.25) is 0 Å². The van der Waals surface area contributed by atoms with Crippen LogP contribution in [0.15, 0.2) is 261 Å². The van der Waals surface area contributed by atoms with Crippen molar-refractivity contribution in [1.82, 2.24) is 19.5 Å². The zero-order valence-electron chi connectivity index (χ0n) is 37.1. The second kappa shape index (κ2) is 17.7. The highest BCUT2D eigenvalue weighted by Gasteiger charge is 2.17. The van der Waals surface area contributed by atoms with Crippen molar-refractivity contribution >= 4 is 38.9 Å². The summed E-state index contributed by atoms with van der Waals surface area (Å²) in [6, 6.07) is 91.9. The number of benzene rings is 10. The number of nitrogens with zero attached hydrogens (tertiary/aromatic N) is 5. The van der Waals surface area contributed by atoms with Gasteiger partial charge in [0.15, 0.2) is 17.5 Å². The molecule has 0 fully saturated rings. The molecule has 0 aliphatic carbocycles. The summed E-state index contributed by atoms with van der Waals surface area (Å²) in [6.07, 6.45) is 0. The number of anilines is 3. The maximum Gasteiger partial charge on any atom is 0.164 e. The number of para-hydroxylation sites is 2. The molecule has 0 amide bonds. The molecule has 0 atom stereocenters. The summed E-state index contributed by atoms with van der Waals surface area (Å²) < 4.78 is 2.36. The largest absolute Gasteiger partial charge is 0.311 e. The van der Waals surface area contributed by atoms with Crippen molar-refractivity contribution < 1.29 is 0 Å². The molecule has 2 heterocycles. The predicted molar refractivity (Wildman–Crippen MR) is 281 cm³/mol. The summed E-state index contributed by atoms with van der Waals surface area (Å²) >= 11 is 0. The Labute approximate surface area is 395 Å². The maximum atomic E-state index is 4.99. The normalized spacial score (nSPS) is 11.2. The Morgan fingerprint density at radius 2 is 0.574 bits per heavy atom. The number of rotatable bonds is 10. The number of hydrogen-bond acceptors (Lipinski definition) is 4. The molecule has 0 radical (unpaired) electrons. The molecule has 12 rings (SSSR count). The van der Waals surface area contributed by atoms with Crippen molar-refractivity contribution in [2.24, 2.45) is 0 Å². The molecule has 0 unspecified atom stereocenters. The molecule has 0 aliphatic heterocycles. The molecule has 68 heavy (non-hydrogen) atoms. The molecule has 0 aliphatic rings. The number of fused-ring (bicyclic) bond motifs is 3. The van der Waals surface area contributed by atoms with Crippen LogP contribution in [-0.2, 0) is 0 Å². The summed E-state index contributed by atoms with van der Waals surface area (Å²) in [5, 5.41) is 2.52. The average Bonchev–Trinajstić information content (AvgIpc) is 3.77. The van der Waals surface area contributed by atoms with Gasteiger partial charge in [0, 0.05) is 50.2 Å². The van der Waals surface area contributed by atoms with Crippen LogP contribution in [-0.4, -0.2) is 19.5 Å².